The van der Waals surface area contributed by atoms with E-state index in [2.05, 4.69) is 28.2 Å². The molecule has 1 amide bonds. The van der Waals surface area contributed by atoms with Gasteiger partial charge in [0.1, 0.15) is 0 Å². The summed E-state index contributed by atoms with van der Waals surface area (Å²) >= 11 is 5.03. The molecule has 0 aliphatic rings. The van der Waals surface area contributed by atoms with E-state index >= 15 is 0 Å². The van der Waals surface area contributed by atoms with Crippen LogP contribution >= 0.6 is 27.3 Å². The summed E-state index contributed by atoms with van der Waals surface area (Å²) in [6.45, 7) is 3.08. The summed E-state index contributed by atoms with van der Waals surface area (Å²) in [5, 5.41) is 2.92. The van der Waals surface area contributed by atoms with Gasteiger partial charge in [0.2, 0.25) is 5.91 Å². The molecule has 1 unspecified atom stereocenters. The van der Waals surface area contributed by atoms with Crippen LogP contribution in [0.25, 0.3) is 0 Å². The zero-order valence-electron chi connectivity index (χ0n) is 9.33. The number of halogens is 1. The molecule has 0 aromatic carbocycles. The maximum Gasteiger partial charge on any atom is 0.224 e. The minimum atomic E-state index is -0.0478. The Kier molecular flexibility index (Phi) is 6.01. The molecule has 0 radical (unpaired) electrons. The van der Waals surface area contributed by atoms with E-state index in [0.717, 1.165) is 21.5 Å². The summed E-state index contributed by atoms with van der Waals surface area (Å²) in [5.41, 5.74) is 5.57. The molecule has 5 heteroatoms. The summed E-state index contributed by atoms with van der Waals surface area (Å²) in [6, 6.07) is 3.99. The molecule has 3 nitrogen and oxygen atoms in total. The zero-order valence-corrected chi connectivity index (χ0v) is 11.7. The fourth-order valence-corrected chi connectivity index (χ4v) is 2.89. The van der Waals surface area contributed by atoms with Gasteiger partial charge in [0.05, 0.1) is 16.2 Å². The Morgan fingerprint density at radius 1 is 1.62 bits per heavy atom. The number of amides is 1. The Labute approximate surface area is 109 Å². The molecular weight excluding hydrogens is 288 g/mol. The number of carbonyl (C=O) groups excluding carboxylic acids is 1. The van der Waals surface area contributed by atoms with Crippen LogP contribution in [0.4, 0.5) is 0 Å². The number of hydrogen-bond acceptors (Lipinski definition) is 3. The van der Waals surface area contributed by atoms with E-state index in [1.807, 2.05) is 12.1 Å². The normalized spacial score (nSPS) is 12.4. The molecule has 1 aromatic heterocycles. The van der Waals surface area contributed by atoms with Gasteiger partial charge < -0.3 is 11.1 Å². The fourth-order valence-electron chi connectivity index (χ4n) is 1.47. The Morgan fingerprint density at radius 3 is 2.88 bits per heavy atom. The number of nitrogens with two attached hydrogens (primary N) is 1. The van der Waals surface area contributed by atoms with Crippen LogP contribution in [0.3, 0.4) is 0 Å². The van der Waals surface area contributed by atoms with Crippen molar-refractivity contribution >= 4 is 33.2 Å². The van der Waals surface area contributed by atoms with Gasteiger partial charge in [-0.1, -0.05) is 13.3 Å². The highest BCUT2D eigenvalue weighted by Gasteiger charge is 2.15. The average Bonchev–Trinajstić information content (AvgIpc) is 2.68. The van der Waals surface area contributed by atoms with Crippen LogP contribution in [0.2, 0.25) is 0 Å². The van der Waals surface area contributed by atoms with Crippen LogP contribution in [0.1, 0.15) is 24.6 Å². The van der Waals surface area contributed by atoms with E-state index in [1.165, 1.54) is 0 Å². The maximum atomic E-state index is 11.7. The molecule has 3 N–H and O–H groups in total. The summed E-state index contributed by atoms with van der Waals surface area (Å²) in [6.07, 6.45) is 1.84. The average molecular weight is 305 g/mol. The molecule has 0 spiro atoms. The van der Waals surface area contributed by atoms with Crippen LogP contribution in [-0.2, 0) is 11.3 Å². The quantitative estimate of drug-likeness (QED) is 0.848. The van der Waals surface area contributed by atoms with E-state index < -0.39 is 0 Å². The van der Waals surface area contributed by atoms with Gasteiger partial charge in [-0.05, 0) is 34.5 Å². The lowest BCUT2D eigenvalue weighted by Crippen LogP contribution is -2.34. The van der Waals surface area contributed by atoms with Gasteiger partial charge in [-0.2, -0.15) is 0 Å². The van der Waals surface area contributed by atoms with Crippen LogP contribution < -0.4 is 11.1 Å². The van der Waals surface area contributed by atoms with Crippen molar-refractivity contribution in [2.45, 2.75) is 26.3 Å². The van der Waals surface area contributed by atoms with Gasteiger partial charge in [0.25, 0.3) is 0 Å². The van der Waals surface area contributed by atoms with Crippen LogP contribution in [0, 0.1) is 5.92 Å². The lowest BCUT2D eigenvalue weighted by Gasteiger charge is -2.13. The van der Waals surface area contributed by atoms with Crippen molar-refractivity contribution in [3.63, 3.8) is 0 Å². The number of rotatable bonds is 6. The predicted octanol–water partition coefficient (Wildman–Crippen LogP) is 2.50. The summed E-state index contributed by atoms with van der Waals surface area (Å²) in [7, 11) is 0. The second-order valence-electron chi connectivity index (χ2n) is 3.64. The van der Waals surface area contributed by atoms with E-state index in [-0.39, 0.29) is 11.8 Å². The van der Waals surface area contributed by atoms with Crippen molar-refractivity contribution < 1.29 is 4.79 Å². The smallest absolute Gasteiger partial charge is 0.224 e. The first-order valence-electron chi connectivity index (χ1n) is 5.39. The fraction of sp³-hybridized carbons (Fsp3) is 0.545. The SMILES string of the molecule is CCCC(CN)C(=O)NCc1ccc(Br)s1. The van der Waals surface area contributed by atoms with Crippen LogP contribution in [0.15, 0.2) is 15.9 Å². The predicted molar refractivity (Wildman–Crippen MR) is 71.3 cm³/mol. The van der Waals surface area contributed by atoms with Gasteiger partial charge in [0, 0.05) is 11.4 Å². The lowest BCUT2D eigenvalue weighted by molar-refractivity contribution is -0.125. The maximum absolute atomic E-state index is 11.7. The van der Waals surface area contributed by atoms with Crippen molar-refractivity contribution in [3.05, 3.63) is 20.8 Å². The van der Waals surface area contributed by atoms with Crippen LogP contribution in [0.5, 0.6) is 0 Å². The summed E-state index contributed by atoms with van der Waals surface area (Å²) in [5.74, 6) is 0.0160. The number of thiophene rings is 1. The third kappa shape index (κ3) is 4.23. The lowest BCUT2D eigenvalue weighted by atomic mass is 10.0. The highest BCUT2D eigenvalue weighted by Crippen LogP contribution is 2.21. The van der Waals surface area contributed by atoms with Crippen molar-refractivity contribution in [1.29, 1.82) is 0 Å². The molecular formula is C11H17BrN2OS. The Bertz CT molecular complexity index is 340. The number of nitrogens with one attached hydrogen (secondary N) is 1. The highest BCUT2D eigenvalue weighted by molar-refractivity contribution is 9.11. The minimum Gasteiger partial charge on any atom is -0.351 e. The zero-order chi connectivity index (χ0) is 12.0. The molecule has 1 atom stereocenters. The molecule has 90 valence electrons. The molecule has 16 heavy (non-hydrogen) atoms. The Morgan fingerprint density at radius 2 is 2.38 bits per heavy atom. The first kappa shape index (κ1) is 13.7. The highest BCUT2D eigenvalue weighted by atomic mass is 79.9. The molecule has 1 rings (SSSR count). The van der Waals surface area contributed by atoms with Gasteiger partial charge in [-0.3, -0.25) is 4.79 Å². The van der Waals surface area contributed by atoms with E-state index in [9.17, 15) is 4.79 Å². The molecule has 0 saturated heterocycles. The minimum absolute atomic E-state index is 0.0478. The van der Waals surface area contributed by atoms with Crippen LogP contribution in [-0.4, -0.2) is 12.5 Å². The Hall–Kier alpha value is -0.390. The molecule has 0 bridgehead atoms. The van der Waals surface area contributed by atoms with Crippen molar-refractivity contribution in [1.82, 2.24) is 5.32 Å². The van der Waals surface area contributed by atoms with Crippen molar-refractivity contribution in [3.8, 4) is 0 Å². The number of hydrogen-bond donors (Lipinski definition) is 2. The number of carbonyl (C=O) groups is 1. The molecule has 0 aliphatic heterocycles. The van der Waals surface area contributed by atoms with Gasteiger partial charge >= 0.3 is 0 Å². The topological polar surface area (TPSA) is 55.1 Å². The van der Waals surface area contributed by atoms with Crippen molar-refractivity contribution in [2.75, 3.05) is 6.54 Å². The van der Waals surface area contributed by atoms with Crippen molar-refractivity contribution in [2.24, 2.45) is 11.7 Å². The monoisotopic (exact) mass is 304 g/mol. The molecule has 0 saturated carbocycles. The second-order valence-corrected chi connectivity index (χ2v) is 6.19. The van der Waals surface area contributed by atoms with Gasteiger partial charge in [0.15, 0.2) is 0 Å². The largest absolute Gasteiger partial charge is 0.351 e. The summed E-state index contributed by atoms with van der Waals surface area (Å²) in [4.78, 5) is 12.9. The first-order valence-corrected chi connectivity index (χ1v) is 7.00. The molecule has 1 heterocycles. The van der Waals surface area contributed by atoms with E-state index in [1.54, 1.807) is 11.3 Å². The standard InChI is InChI=1S/C11H17BrN2OS/c1-2-3-8(6-13)11(15)14-7-9-4-5-10(12)16-9/h4-5,8H,2-3,6-7,13H2,1H3,(H,14,15). The molecule has 0 fully saturated rings. The Balaban J connectivity index is 2.39. The van der Waals surface area contributed by atoms with E-state index in [0.29, 0.717) is 13.1 Å². The second kappa shape index (κ2) is 7.04. The molecule has 0 aliphatic carbocycles. The van der Waals surface area contributed by atoms with Gasteiger partial charge in [-0.15, -0.1) is 11.3 Å². The third-order valence-corrected chi connectivity index (χ3v) is 3.98. The van der Waals surface area contributed by atoms with E-state index in [4.69, 9.17) is 5.73 Å². The third-order valence-electron chi connectivity index (χ3n) is 2.36. The first-order chi connectivity index (χ1) is 7.67. The summed E-state index contributed by atoms with van der Waals surface area (Å²) < 4.78 is 1.08. The molecule has 1 aromatic rings. The van der Waals surface area contributed by atoms with Gasteiger partial charge in [-0.25, -0.2) is 0 Å².